The van der Waals surface area contributed by atoms with Crippen molar-refractivity contribution >= 4 is 23.4 Å². The number of hydrogen-bond donors (Lipinski definition) is 0. The lowest BCUT2D eigenvalue weighted by Crippen LogP contribution is -2.60. The van der Waals surface area contributed by atoms with Gasteiger partial charge >= 0.3 is 0 Å². The van der Waals surface area contributed by atoms with Crippen LogP contribution in [0.3, 0.4) is 0 Å². The number of halogens is 1. The number of hydrogen-bond acceptors (Lipinski definition) is 2. The zero-order valence-electron chi connectivity index (χ0n) is 12.1. The van der Waals surface area contributed by atoms with E-state index in [9.17, 15) is 9.59 Å². The molecule has 0 aromatic heterocycles. The van der Waals surface area contributed by atoms with E-state index in [0.717, 1.165) is 32.2 Å². The van der Waals surface area contributed by atoms with Crippen LogP contribution in [0.5, 0.6) is 0 Å². The van der Waals surface area contributed by atoms with Crippen molar-refractivity contribution in [1.82, 2.24) is 9.80 Å². The second kappa shape index (κ2) is 5.34. The molecular weight excluding hydrogens is 288 g/mol. The Morgan fingerprint density at radius 3 is 2.57 bits per heavy atom. The van der Waals surface area contributed by atoms with Crippen molar-refractivity contribution in [3.63, 3.8) is 0 Å². The molecule has 2 saturated heterocycles. The molecule has 0 aliphatic carbocycles. The minimum absolute atomic E-state index is 0.0756. The van der Waals surface area contributed by atoms with Gasteiger partial charge in [0.2, 0.25) is 5.91 Å². The van der Waals surface area contributed by atoms with E-state index in [-0.39, 0.29) is 11.8 Å². The summed E-state index contributed by atoms with van der Waals surface area (Å²) in [5, 5.41) is 0.446. The van der Waals surface area contributed by atoms with Gasteiger partial charge in [0, 0.05) is 20.1 Å². The second-order valence-electron chi connectivity index (χ2n) is 5.90. The van der Waals surface area contributed by atoms with Crippen LogP contribution in [-0.4, -0.2) is 47.3 Å². The van der Waals surface area contributed by atoms with Crippen LogP contribution in [-0.2, 0) is 4.79 Å². The molecule has 1 atom stereocenters. The fourth-order valence-electron chi connectivity index (χ4n) is 3.61. The summed E-state index contributed by atoms with van der Waals surface area (Å²) in [6.45, 7) is 1.40. The van der Waals surface area contributed by atoms with Crippen LogP contribution in [0.25, 0.3) is 0 Å². The zero-order chi connectivity index (χ0) is 15.0. The van der Waals surface area contributed by atoms with Gasteiger partial charge in [0.05, 0.1) is 10.6 Å². The van der Waals surface area contributed by atoms with Crippen LogP contribution >= 0.6 is 11.6 Å². The van der Waals surface area contributed by atoms with Crippen LogP contribution in [0.1, 0.15) is 36.0 Å². The molecule has 5 heteroatoms. The summed E-state index contributed by atoms with van der Waals surface area (Å²) in [6.07, 6.45) is 3.32. The van der Waals surface area contributed by atoms with Gasteiger partial charge < -0.3 is 9.80 Å². The Hall–Kier alpha value is -1.55. The first kappa shape index (κ1) is 14.4. The summed E-state index contributed by atoms with van der Waals surface area (Å²) in [5.74, 6) is -0.0478. The lowest BCUT2D eigenvalue weighted by molar-refractivity contribution is -0.144. The molecule has 2 heterocycles. The first-order valence-corrected chi connectivity index (χ1v) is 7.76. The van der Waals surface area contributed by atoms with Gasteiger partial charge in [-0.1, -0.05) is 23.7 Å². The maximum Gasteiger partial charge on any atom is 0.256 e. The third-order valence-electron chi connectivity index (χ3n) is 4.67. The van der Waals surface area contributed by atoms with Crippen molar-refractivity contribution in [3.05, 3.63) is 34.9 Å². The molecule has 2 aliphatic heterocycles. The topological polar surface area (TPSA) is 40.6 Å². The number of likely N-dealkylation sites (tertiary alicyclic amines) is 2. The second-order valence-corrected chi connectivity index (χ2v) is 6.31. The third-order valence-corrected chi connectivity index (χ3v) is 5.00. The smallest absolute Gasteiger partial charge is 0.256 e. The number of carbonyl (C=O) groups excluding carboxylic acids is 2. The quantitative estimate of drug-likeness (QED) is 0.800. The van der Waals surface area contributed by atoms with Crippen molar-refractivity contribution in [2.75, 3.05) is 20.1 Å². The lowest BCUT2D eigenvalue weighted by atomic mass is 9.85. The fourth-order valence-corrected chi connectivity index (χ4v) is 3.83. The van der Waals surface area contributed by atoms with Gasteiger partial charge in [0.1, 0.15) is 5.54 Å². The van der Waals surface area contributed by atoms with Gasteiger partial charge in [0.25, 0.3) is 5.91 Å². The molecule has 1 aromatic rings. The first-order valence-electron chi connectivity index (χ1n) is 7.38. The van der Waals surface area contributed by atoms with Crippen molar-refractivity contribution in [2.24, 2.45) is 0 Å². The summed E-state index contributed by atoms with van der Waals surface area (Å²) in [7, 11) is 1.82. The van der Waals surface area contributed by atoms with Crippen molar-refractivity contribution in [2.45, 2.75) is 31.2 Å². The third kappa shape index (κ3) is 2.22. The van der Waals surface area contributed by atoms with Crippen molar-refractivity contribution in [3.8, 4) is 0 Å². The fraction of sp³-hybridized carbons (Fsp3) is 0.500. The molecule has 1 unspecified atom stereocenters. The summed E-state index contributed by atoms with van der Waals surface area (Å²) < 4.78 is 0. The molecule has 0 bridgehead atoms. The largest absolute Gasteiger partial charge is 0.344 e. The molecule has 2 aliphatic rings. The van der Waals surface area contributed by atoms with E-state index in [1.165, 1.54) is 0 Å². The molecule has 1 aromatic carbocycles. The normalized spacial score (nSPS) is 25.7. The number of likely N-dealkylation sites (N-methyl/N-ethyl adjacent to an activating group) is 1. The summed E-state index contributed by atoms with van der Waals surface area (Å²) in [4.78, 5) is 29.1. The number of benzene rings is 1. The number of nitrogens with zero attached hydrogens (tertiary/aromatic N) is 2. The SMILES string of the molecule is CN1CCCC2(CCCN2C(=O)c2ccccc2Cl)C1=O. The summed E-state index contributed by atoms with van der Waals surface area (Å²) in [5.41, 5.74) is -0.162. The number of carbonyl (C=O) groups is 2. The Kier molecular flexibility index (Phi) is 3.66. The Morgan fingerprint density at radius 2 is 1.86 bits per heavy atom. The van der Waals surface area contributed by atoms with E-state index in [1.54, 1.807) is 34.1 Å². The maximum atomic E-state index is 12.9. The van der Waals surface area contributed by atoms with Gasteiger partial charge in [-0.2, -0.15) is 0 Å². The molecule has 21 heavy (non-hydrogen) atoms. The Labute approximate surface area is 129 Å². The molecule has 1 spiro atoms. The Balaban J connectivity index is 1.96. The summed E-state index contributed by atoms with van der Waals surface area (Å²) in [6, 6.07) is 7.05. The van der Waals surface area contributed by atoms with Gasteiger partial charge in [0.15, 0.2) is 0 Å². The minimum Gasteiger partial charge on any atom is -0.344 e. The molecular formula is C16H19ClN2O2. The standard InChI is InChI=1S/C16H19ClN2O2/c1-18-10-4-8-16(15(18)21)9-5-11-19(16)14(20)12-6-2-3-7-13(12)17/h2-3,6-7H,4-5,8-11H2,1H3. The summed E-state index contributed by atoms with van der Waals surface area (Å²) >= 11 is 6.15. The van der Waals surface area contributed by atoms with Crippen LogP contribution in [0.4, 0.5) is 0 Å². The van der Waals surface area contributed by atoms with Crippen LogP contribution in [0.2, 0.25) is 5.02 Å². The van der Waals surface area contributed by atoms with E-state index in [2.05, 4.69) is 0 Å². The van der Waals surface area contributed by atoms with Gasteiger partial charge in [-0.05, 0) is 37.8 Å². The first-order chi connectivity index (χ1) is 10.1. The average molecular weight is 307 g/mol. The van der Waals surface area contributed by atoms with E-state index in [1.807, 2.05) is 7.05 Å². The molecule has 3 rings (SSSR count). The molecule has 0 saturated carbocycles. The average Bonchev–Trinajstić information content (AvgIpc) is 2.89. The molecule has 2 fully saturated rings. The molecule has 0 N–H and O–H groups in total. The highest BCUT2D eigenvalue weighted by Gasteiger charge is 2.52. The monoisotopic (exact) mass is 306 g/mol. The van der Waals surface area contributed by atoms with Crippen LogP contribution in [0, 0.1) is 0 Å². The molecule has 4 nitrogen and oxygen atoms in total. The number of amides is 2. The van der Waals surface area contributed by atoms with Crippen molar-refractivity contribution in [1.29, 1.82) is 0 Å². The predicted molar refractivity (Wildman–Crippen MR) is 81.3 cm³/mol. The Bertz CT molecular complexity index is 589. The van der Waals surface area contributed by atoms with Crippen LogP contribution in [0.15, 0.2) is 24.3 Å². The maximum absolute atomic E-state index is 12.9. The lowest BCUT2D eigenvalue weighted by Gasteiger charge is -2.43. The van der Waals surface area contributed by atoms with Gasteiger partial charge in [-0.15, -0.1) is 0 Å². The Morgan fingerprint density at radius 1 is 1.19 bits per heavy atom. The predicted octanol–water partition coefficient (Wildman–Crippen LogP) is 2.57. The minimum atomic E-state index is -0.650. The van der Waals surface area contributed by atoms with E-state index < -0.39 is 5.54 Å². The highest BCUT2D eigenvalue weighted by atomic mass is 35.5. The van der Waals surface area contributed by atoms with E-state index in [0.29, 0.717) is 17.1 Å². The highest BCUT2D eigenvalue weighted by Crippen LogP contribution is 2.39. The van der Waals surface area contributed by atoms with Crippen molar-refractivity contribution < 1.29 is 9.59 Å². The van der Waals surface area contributed by atoms with Gasteiger partial charge in [-0.3, -0.25) is 9.59 Å². The highest BCUT2D eigenvalue weighted by molar-refractivity contribution is 6.33. The molecule has 2 amide bonds. The van der Waals surface area contributed by atoms with Crippen LogP contribution < -0.4 is 0 Å². The van der Waals surface area contributed by atoms with Gasteiger partial charge in [-0.25, -0.2) is 0 Å². The molecule has 112 valence electrons. The molecule has 0 radical (unpaired) electrons. The van der Waals surface area contributed by atoms with E-state index in [4.69, 9.17) is 11.6 Å². The number of rotatable bonds is 1. The van der Waals surface area contributed by atoms with E-state index >= 15 is 0 Å². The number of piperidine rings is 1. The zero-order valence-corrected chi connectivity index (χ0v) is 12.9.